The smallest absolute Gasteiger partial charge is 0.277 e. The van der Waals surface area contributed by atoms with Crippen molar-refractivity contribution in [2.24, 2.45) is 0 Å². The van der Waals surface area contributed by atoms with Gasteiger partial charge in [-0.3, -0.25) is 4.79 Å². The van der Waals surface area contributed by atoms with Crippen molar-refractivity contribution in [3.8, 4) is 11.5 Å². The zero-order chi connectivity index (χ0) is 22.7. The molecule has 0 atom stereocenters. The number of Topliss-reactive ketones (excluding diaryl/α,β-unsaturated/α-hetero) is 1. The first kappa shape index (κ1) is 22.3. The van der Waals surface area contributed by atoms with Crippen LogP contribution in [0.25, 0.3) is 22.4 Å². The average Bonchev–Trinajstić information content (AvgIpc) is 3.46. The highest BCUT2D eigenvalue weighted by atomic mass is 32.2. The standard InChI is InChI=1S/C22H22N4O4S2/c1-3-26(4-2)32(28,29)16-11-9-15(10-12-16)21-24-25-22(30-21)31-14-20(27)18-13-23-19-8-6-5-7-17(18)19/h5-13,23H,3-4,14H2,1-2H3. The zero-order valence-electron chi connectivity index (χ0n) is 17.6. The summed E-state index contributed by atoms with van der Waals surface area (Å²) in [6.45, 7) is 4.41. The molecule has 2 aromatic carbocycles. The number of para-hydroxylation sites is 1. The van der Waals surface area contributed by atoms with Crippen molar-refractivity contribution < 1.29 is 17.6 Å². The fraction of sp³-hybridized carbons (Fsp3) is 0.227. The number of benzene rings is 2. The van der Waals surface area contributed by atoms with Crippen molar-refractivity contribution in [2.75, 3.05) is 18.8 Å². The maximum atomic E-state index is 12.6. The fourth-order valence-corrected chi connectivity index (χ4v) is 5.48. The van der Waals surface area contributed by atoms with Crippen LogP contribution in [0, 0.1) is 0 Å². The van der Waals surface area contributed by atoms with Gasteiger partial charge < -0.3 is 9.40 Å². The molecule has 10 heteroatoms. The van der Waals surface area contributed by atoms with E-state index in [-0.39, 0.29) is 27.5 Å². The van der Waals surface area contributed by atoms with Crippen molar-refractivity contribution in [2.45, 2.75) is 24.0 Å². The number of sulfonamides is 1. The van der Waals surface area contributed by atoms with Gasteiger partial charge in [0.05, 0.1) is 10.6 Å². The van der Waals surface area contributed by atoms with E-state index in [9.17, 15) is 13.2 Å². The van der Waals surface area contributed by atoms with Gasteiger partial charge in [-0.1, -0.05) is 43.8 Å². The molecule has 0 bridgehead atoms. The third-order valence-corrected chi connectivity index (χ3v) is 7.95. The number of ketones is 1. The second-order valence-electron chi connectivity index (χ2n) is 6.95. The van der Waals surface area contributed by atoms with Gasteiger partial charge in [-0.05, 0) is 30.3 Å². The molecular formula is C22H22N4O4S2. The third kappa shape index (κ3) is 4.34. The number of hydrogen-bond acceptors (Lipinski definition) is 7. The van der Waals surface area contributed by atoms with Gasteiger partial charge in [0.25, 0.3) is 5.22 Å². The van der Waals surface area contributed by atoms with E-state index in [1.54, 1.807) is 32.2 Å². The molecule has 0 saturated heterocycles. The van der Waals surface area contributed by atoms with E-state index in [2.05, 4.69) is 15.2 Å². The van der Waals surface area contributed by atoms with Gasteiger partial charge >= 0.3 is 0 Å². The van der Waals surface area contributed by atoms with Gasteiger partial charge in [0, 0.05) is 41.3 Å². The molecule has 0 aliphatic rings. The van der Waals surface area contributed by atoms with Crippen LogP contribution in [0.5, 0.6) is 0 Å². The lowest BCUT2D eigenvalue weighted by atomic mass is 10.1. The first-order valence-electron chi connectivity index (χ1n) is 10.1. The van der Waals surface area contributed by atoms with E-state index in [4.69, 9.17) is 4.42 Å². The molecule has 0 radical (unpaired) electrons. The molecule has 32 heavy (non-hydrogen) atoms. The van der Waals surface area contributed by atoms with Crippen LogP contribution in [-0.4, -0.2) is 52.5 Å². The lowest BCUT2D eigenvalue weighted by Gasteiger charge is -2.18. The number of carbonyl (C=O) groups excluding carboxylic acids is 1. The number of thioether (sulfide) groups is 1. The highest BCUT2D eigenvalue weighted by Gasteiger charge is 2.22. The first-order valence-corrected chi connectivity index (χ1v) is 12.5. The predicted molar refractivity (Wildman–Crippen MR) is 123 cm³/mol. The monoisotopic (exact) mass is 470 g/mol. The molecule has 1 N–H and O–H groups in total. The topological polar surface area (TPSA) is 109 Å². The van der Waals surface area contributed by atoms with Crippen LogP contribution in [0.15, 0.2) is 69.3 Å². The Bertz CT molecular complexity index is 1340. The normalized spacial score (nSPS) is 12.0. The molecule has 4 aromatic rings. The van der Waals surface area contributed by atoms with Gasteiger partial charge in [0.2, 0.25) is 15.9 Å². The number of H-pyrrole nitrogens is 1. The quantitative estimate of drug-likeness (QED) is 0.288. The molecule has 8 nitrogen and oxygen atoms in total. The van der Waals surface area contributed by atoms with Crippen LogP contribution < -0.4 is 0 Å². The minimum atomic E-state index is -3.53. The largest absolute Gasteiger partial charge is 0.411 e. The second-order valence-corrected chi connectivity index (χ2v) is 9.81. The van der Waals surface area contributed by atoms with Gasteiger partial charge in [-0.25, -0.2) is 8.42 Å². The minimum absolute atomic E-state index is 0.0434. The molecule has 0 unspecified atom stereocenters. The molecular weight excluding hydrogens is 448 g/mol. The van der Waals surface area contributed by atoms with Crippen LogP contribution in [0.1, 0.15) is 24.2 Å². The summed E-state index contributed by atoms with van der Waals surface area (Å²) in [7, 11) is -3.53. The van der Waals surface area contributed by atoms with Crippen LogP contribution in [0.4, 0.5) is 0 Å². The Labute approximate surface area is 190 Å². The Balaban J connectivity index is 1.44. The number of nitrogens with one attached hydrogen (secondary N) is 1. The van der Waals surface area contributed by atoms with Crippen molar-refractivity contribution in [1.29, 1.82) is 0 Å². The number of nitrogens with zero attached hydrogens (tertiary/aromatic N) is 3. The van der Waals surface area contributed by atoms with Crippen molar-refractivity contribution in [3.63, 3.8) is 0 Å². The number of aromatic amines is 1. The Kier molecular flexibility index (Phi) is 6.45. The van der Waals surface area contributed by atoms with Crippen LogP contribution >= 0.6 is 11.8 Å². The summed E-state index contributed by atoms with van der Waals surface area (Å²) in [4.78, 5) is 15.9. The van der Waals surface area contributed by atoms with E-state index in [1.165, 1.54) is 16.4 Å². The van der Waals surface area contributed by atoms with Crippen LogP contribution in [0.3, 0.4) is 0 Å². The summed E-state index contributed by atoms with van der Waals surface area (Å²) in [5.74, 6) is 0.377. The van der Waals surface area contributed by atoms with Crippen molar-refractivity contribution in [1.82, 2.24) is 19.5 Å². The molecule has 0 aliphatic heterocycles. The molecule has 2 aromatic heterocycles. The molecule has 4 rings (SSSR count). The highest BCUT2D eigenvalue weighted by Crippen LogP contribution is 2.26. The fourth-order valence-electron chi connectivity index (χ4n) is 3.37. The maximum absolute atomic E-state index is 12.6. The molecule has 2 heterocycles. The Hall–Kier alpha value is -2.95. The summed E-state index contributed by atoms with van der Waals surface area (Å²) in [6, 6.07) is 13.9. The van der Waals surface area contributed by atoms with Gasteiger partial charge in [-0.15, -0.1) is 10.2 Å². The number of fused-ring (bicyclic) bond motifs is 1. The molecule has 0 amide bonds. The first-order chi connectivity index (χ1) is 15.4. The third-order valence-electron chi connectivity index (χ3n) is 5.07. The molecule has 0 saturated carbocycles. The van der Waals surface area contributed by atoms with E-state index in [0.717, 1.165) is 22.7 Å². The summed E-state index contributed by atoms with van der Waals surface area (Å²) < 4.78 is 32.3. The molecule has 0 spiro atoms. The lowest BCUT2D eigenvalue weighted by molar-refractivity contribution is 0.102. The van der Waals surface area contributed by atoms with Crippen molar-refractivity contribution in [3.05, 3.63) is 60.3 Å². The number of rotatable bonds is 9. The van der Waals surface area contributed by atoms with Crippen molar-refractivity contribution >= 4 is 38.5 Å². The number of carbonyl (C=O) groups is 1. The highest BCUT2D eigenvalue weighted by molar-refractivity contribution is 7.99. The van der Waals surface area contributed by atoms with Gasteiger partial charge in [-0.2, -0.15) is 4.31 Å². The Morgan fingerprint density at radius 3 is 2.50 bits per heavy atom. The average molecular weight is 471 g/mol. The summed E-state index contributed by atoms with van der Waals surface area (Å²) in [6.07, 6.45) is 1.71. The van der Waals surface area contributed by atoms with E-state index in [0.29, 0.717) is 24.2 Å². The van der Waals surface area contributed by atoms with Crippen LogP contribution in [0.2, 0.25) is 0 Å². The van der Waals surface area contributed by atoms with E-state index in [1.807, 2.05) is 24.3 Å². The van der Waals surface area contributed by atoms with E-state index < -0.39 is 10.0 Å². The molecule has 0 fully saturated rings. The summed E-state index contributed by atoms with van der Waals surface area (Å²) in [5.41, 5.74) is 2.14. The maximum Gasteiger partial charge on any atom is 0.277 e. The SMILES string of the molecule is CCN(CC)S(=O)(=O)c1ccc(-c2nnc(SCC(=O)c3c[nH]c4ccccc34)o2)cc1. The molecule has 166 valence electrons. The second kappa shape index (κ2) is 9.27. The minimum Gasteiger partial charge on any atom is -0.411 e. The van der Waals surface area contributed by atoms with Crippen LogP contribution in [-0.2, 0) is 10.0 Å². The van der Waals surface area contributed by atoms with Gasteiger partial charge in [0.1, 0.15) is 0 Å². The summed E-state index contributed by atoms with van der Waals surface area (Å²) in [5, 5.41) is 9.17. The lowest BCUT2D eigenvalue weighted by Crippen LogP contribution is -2.30. The van der Waals surface area contributed by atoms with Gasteiger partial charge in [0.15, 0.2) is 5.78 Å². The summed E-state index contributed by atoms with van der Waals surface area (Å²) >= 11 is 1.16. The number of aromatic nitrogens is 3. The molecule has 0 aliphatic carbocycles. The Morgan fingerprint density at radius 1 is 1.06 bits per heavy atom. The zero-order valence-corrected chi connectivity index (χ0v) is 19.2. The van der Waals surface area contributed by atoms with E-state index >= 15 is 0 Å². The Morgan fingerprint density at radius 2 is 1.78 bits per heavy atom. The number of hydrogen-bond donors (Lipinski definition) is 1. The predicted octanol–water partition coefficient (Wildman–Crippen LogP) is 4.22.